The molecular weight excluding hydrogens is 176 g/mol. The van der Waals surface area contributed by atoms with Crippen molar-refractivity contribution < 1.29 is 4.74 Å². The number of rotatable bonds is 5. The van der Waals surface area contributed by atoms with Crippen molar-refractivity contribution >= 4 is 0 Å². The van der Waals surface area contributed by atoms with E-state index >= 15 is 0 Å². The fourth-order valence-corrected chi connectivity index (χ4v) is 1.86. The molecule has 0 saturated carbocycles. The molecule has 1 aliphatic rings. The van der Waals surface area contributed by atoms with Gasteiger partial charge in [-0.25, -0.2) is 0 Å². The standard InChI is InChI=1S/C11H24N2O/c1-4-8-14-9-7-13-6-5-12-10-11(13,2)3/h12H,4-10H2,1-3H3. The van der Waals surface area contributed by atoms with Crippen LogP contribution in [0.5, 0.6) is 0 Å². The molecule has 0 unspecified atom stereocenters. The molecule has 0 spiro atoms. The summed E-state index contributed by atoms with van der Waals surface area (Å²) in [5.41, 5.74) is 0.286. The molecule has 0 aliphatic carbocycles. The van der Waals surface area contributed by atoms with Gasteiger partial charge in [-0.15, -0.1) is 0 Å². The maximum absolute atomic E-state index is 5.52. The number of piperazine rings is 1. The first kappa shape index (κ1) is 12.0. The minimum Gasteiger partial charge on any atom is -0.380 e. The van der Waals surface area contributed by atoms with Crippen LogP contribution in [0.3, 0.4) is 0 Å². The highest BCUT2D eigenvalue weighted by atomic mass is 16.5. The Morgan fingerprint density at radius 2 is 2.14 bits per heavy atom. The summed E-state index contributed by atoms with van der Waals surface area (Å²) in [6.45, 7) is 12.9. The van der Waals surface area contributed by atoms with E-state index in [0.29, 0.717) is 0 Å². The second-order valence-electron chi connectivity index (χ2n) is 4.59. The van der Waals surface area contributed by atoms with Crippen LogP contribution < -0.4 is 5.32 Å². The molecule has 0 aromatic carbocycles. The Bertz CT molecular complexity index is 159. The quantitative estimate of drug-likeness (QED) is 0.673. The third-order valence-electron chi connectivity index (χ3n) is 2.83. The fourth-order valence-electron chi connectivity index (χ4n) is 1.86. The zero-order valence-corrected chi connectivity index (χ0v) is 9.81. The molecule has 84 valence electrons. The van der Waals surface area contributed by atoms with E-state index in [-0.39, 0.29) is 5.54 Å². The highest BCUT2D eigenvalue weighted by Crippen LogP contribution is 2.15. The first-order valence-electron chi connectivity index (χ1n) is 5.70. The summed E-state index contributed by atoms with van der Waals surface area (Å²) in [7, 11) is 0. The molecule has 1 N–H and O–H groups in total. The third kappa shape index (κ3) is 3.56. The van der Waals surface area contributed by atoms with Crippen LogP contribution >= 0.6 is 0 Å². The van der Waals surface area contributed by atoms with Crippen molar-refractivity contribution in [2.24, 2.45) is 0 Å². The van der Waals surface area contributed by atoms with E-state index < -0.39 is 0 Å². The predicted octanol–water partition coefficient (Wildman–Crippen LogP) is 1.10. The lowest BCUT2D eigenvalue weighted by atomic mass is 10.0. The summed E-state index contributed by atoms with van der Waals surface area (Å²) in [5.74, 6) is 0. The van der Waals surface area contributed by atoms with Crippen LogP contribution in [0.25, 0.3) is 0 Å². The van der Waals surface area contributed by atoms with Gasteiger partial charge in [0, 0.05) is 38.3 Å². The number of nitrogens with zero attached hydrogens (tertiary/aromatic N) is 1. The largest absolute Gasteiger partial charge is 0.380 e. The van der Waals surface area contributed by atoms with Crippen molar-refractivity contribution in [3.05, 3.63) is 0 Å². The Balaban J connectivity index is 2.20. The topological polar surface area (TPSA) is 24.5 Å². The summed E-state index contributed by atoms with van der Waals surface area (Å²) in [6.07, 6.45) is 1.12. The first-order chi connectivity index (χ1) is 6.67. The van der Waals surface area contributed by atoms with E-state index in [2.05, 4.69) is 31.0 Å². The highest BCUT2D eigenvalue weighted by Gasteiger charge is 2.28. The normalized spacial score (nSPS) is 22.5. The van der Waals surface area contributed by atoms with Gasteiger partial charge in [-0.1, -0.05) is 6.92 Å². The molecule has 0 amide bonds. The van der Waals surface area contributed by atoms with Gasteiger partial charge in [0.2, 0.25) is 0 Å². The maximum Gasteiger partial charge on any atom is 0.0593 e. The Morgan fingerprint density at radius 3 is 2.79 bits per heavy atom. The number of nitrogens with one attached hydrogen (secondary N) is 1. The zero-order valence-electron chi connectivity index (χ0n) is 9.81. The monoisotopic (exact) mass is 200 g/mol. The molecule has 1 aliphatic heterocycles. The van der Waals surface area contributed by atoms with E-state index in [0.717, 1.165) is 45.8 Å². The molecule has 0 bridgehead atoms. The molecule has 1 rings (SSSR count). The zero-order chi connectivity index (χ0) is 10.4. The van der Waals surface area contributed by atoms with Gasteiger partial charge in [-0.2, -0.15) is 0 Å². The molecule has 3 nitrogen and oxygen atoms in total. The van der Waals surface area contributed by atoms with Gasteiger partial charge >= 0.3 is 0 Å². The van der Waals surface area contributed by atoms with E-state index in [4.69, 9.17) is 4.74 Å². The number of hydrogen-bond acceptors (Lipinski definition) is 3. The molecule has 1 fully saturated rings. The van der Waals surface area contributed by atoms with Gasteiger partial charge in [-0.05, 0) is 20.3 Å². The van der Waals surface area contributed by atoms with Gasteiger partial charge in [-0.3, -0.25) is 4.90 Å². The second kappa shape index (κ2) is 5.69. The number of hydrogen-bond donors (Lipinski definition) is 1. The van der Waals surface area contributed by atoms with Gasteiger partial charge in [0.05, 0.1) is 6.61 Å². The number of ether oxygens (including phenoxy) is 1. The summed E-state index contributed by atoms with van der Waals surface area (Å²) in [6, 6.07) is 0. The van der Waals surface area contributed by atoms with E-state index in [9.17, 15) is 0 Å². The van der Waals surface area contributed by atoms with Crippen LogP contribution in [-0.4, -0.2) is 49.8 Å². The Morgan fingerprint density at radius 1 is 1.36 bits per heavy atom. The summed E-state index contributed by atoms with van der Waals surface area (Å²) >= 11 is 0. The van der Waals surface area contributed by atoms with Crippen molar-refractivity contribution in [3.63, 3.8) is 0 Å². The van der Waals surface area contributed by atoms with Crippen LogP contribution in [-0.2, 0) is 4.74 Å². The van der Waals surface area contributed by atoms with Gasteiger partial charge in [0.1, 0.15) is 0 Å². The van der Waals surface area contributed by atoms with Gasteiger partial charge < -0.3 is 10.1 Å². The Hall–Kier alpha value is -0.120. The maximum atomic E-state index is 5.52. The van der Waals surface area contributed by atoms with Crippen LogP contribution in [0.15, 0.2) is 0 Å². The minimum absolute atomic E-state index is 0.286. The van der Waals surface area contributed by atoms with Crippen molar-refractivity contribution in [1.29, 1.82) is 0 Å². The molecular formula is C11H24N2O. The summed E-state index contributed by atoms with van der Waals surface area (Å²) in [4.78, 5) is 2.51. The van der Waals surface area contributed by atoms with Crippen LogP contribution in [0, 0.1) is 0 Å². The smallest absolute Gasteiger partial charge is 0.0593 e. The molecule has 1 heterocycles. The van der Waals surface area contributed by atoms with Gasteiger partial charge in [0.25, 0.3) is 0 Å². The SMILES string of the molecule is CCCOCCN1CCNCC1(C)C. The first-order valence-corrected chi connectivity index (χ1v) is 5.70. The lowest BCUT2D eigenvalue weighted by molar-refractivity contribution is 0.0433. The Kier molecular flexibility index (Phi) is 4.85. The fraction of sp³-hybridized carbons (Fsp3) is 1.00. The van der Waals surface area contributed by atoms with E-state index in [1.165, 1.54) is 0 Å². The van der Waals surface area contributed by atoms with Crippen molar-refractivity contribution in [2.45, 2.75) is 32.7 Å². The van der Waals surface area contributed by atoms with Crippen LogP contribution in [0.1, 0.15) is 27.2 Å². The average Bonchev–Trinajstić information content (AvgIpc) is 2.14. The Labute approximate surface area is 87.8 Å². The molecule has 0 atom stereocenters. The third-order valence-corrected chi connectivity index (χ3v) is 2.83. The predicted molar refractivity (Wildman–Crippen MR) is 59.6 cm³/mol. The van der Waals surface area contributed by atoms with Crippen molar-refractivity contribution in [1.82, 2.24) is 10.2 Å². The van der Waals surface area contributed by atoms with Crippen molar-refractivity contribution in [3.8, 4) is 0 Å². The highest BCUT2D eigenvalue weighted by molar-refractivity contribution is 4.87. The van der Waals surface area contributed by atoms with E-state index in [1.54, 1.807) is 0 Å². The van der Waals surface area contributed by atoms with E-state index in [1.807, 2.05) is 0 Å². The lowest BCUT2D eigenvalue weighted by Gasteiger charge is -2.42. The molecule has 0 aromatic heterocycles. The molecule has 14 heavy (non-hydrogen) atoms. The van der Waals surface area contributed by atoms with Crippen molar-refractivity contribution in [2.75, 3.05) is 39.4 Å². The van der Waals surface area contributed by atoms with Crippen LogP contribution in [0.4, 0.5) is 0 Å². The summed E-state index contributed by atoms with van der Waals surface area (Å²) in [5, 5.41) is 3.42. The molecule has 3 heteroatoms. The summed E-state index contributed by atoms with van der Waals surface area (Å²) < 4.78 is 5.52. The second-order valence-corrected chi connectivity index (χ2v) is 4.59. The van der Waals surface area contributed by atoms with Crippen LogP contribution in [0.2, 0.25) is 0 Å². The molecule has 1 saturated heterocycles. The lowest BCUT2D eigenvalue weighted by Crippen LogP contribution is -2.58. The molecule has 0 radical (unpaired) electrons. The average molecular weight is 200 g/mol. The molecule has 0 aromatic rings. The van der Waals surface area contributed by atoms with Gasteiger partial charge in [0.15, 0.2) is 0 Å². The minimum atomic E-state index is 0.286.